The number of methoxy groups -OCH3 is 1. The Balaban J connectivity index is 2.19. The van der Waals surface area contributed by atoms with Gasteiger partial charge < -0.3 is 4.74 Å². The Morgan fingerprint density at radius 2 is 2.15 bits per heavy atom. The van der Waals surface area contributed by atoms with E-state index in [9.17, 15) is 18.8 Å². The van der Waals surface area contributed by atoms with Crippen molar-refractivity contribution in [2.24, 2.45) is 5.92 Å². The zero-order valence-corrected chi connectivity index (χ0v) is 11.2. The molecule has 1 heterocycles. The second-order valence-corrected chi connectivity index (χ2v) is 4.73. The molecule has 1 aliphatic rings. The van der Waals surface area contributed by atoms with Crippen molar-refractivity contribution in [2.75, 3.05) is 7.11 Å². The predicted octanol–water partition coefficient (Wildman–Crippen LogP) is 1.51. The van der Waals surface area contributed by atoms with Gasteiger partial charge >= 0.3 is 5.97 Å². The number of carbonyl (C=O) groups excluding carboxylic acids is 3. The molecule has 1 aromatic carbocycles. The van der Waals surface area contributed by atoms with Gasteiger partial charge in [-0.2, -0.15) is 0 Å². The quantitative estimate of drug-likeness (QED) is 0.621. The number of hydrogen-bond acceptors (Lipinski definition) is 4. The Bertz CT molecular complexity index is 585. The number of nitrogens with zero attached hydrogens (tertiary/aromatic N) is 1. The van der Waals surface area contributed by atoms with E-state index in [1.807, 2.05) is 0 Å². The summed E-state index contributed by atoms with van der Waals surface area (Å²) in [5.41, 5.74) is 0.273. The predicted molar refractivity (Wildman–Crippen MR) is 67.1 cm³/mol. The van der Waals surface area contributed by atoms with Crippen molar-refractivity contribution in [3.8, 4) is 0 Å². The Labute approximate surface area is 115 Å². The maximum Gasteiger partial charge on any atom is 0.340 e. The van der Waals surface area contributed by atoms with E-state index < -0.39 is 11.8 Å². The zero-order chi connectivity index (χ0) is 14.9. The largest absolute Gasteiger partial charge is 0.465 e. The van der Waals surface area contributed by atoms with E-state index in [0.717, 1.165) is 11.0 Å². The number of rotatable bonds is 3. The molecule has 0 aliphatic carbocycles. The maximum absolute atomic E-state index is 13.7. The number of imide groups is 1. The fourth-order valence-corrected chi connectivity index (χ4v) is 2.13. The van der Waals surface area contributed by atoms with Gasteiger partial charge in [-0.25, -0.2) is 9.18 Å². The summed E-state index contributed by atoms with van der Waals surface area (Å²) in [6.07, 6.45) is 0.182. The van der Waals surface area contributed by atoms with Crippen molar-refractivity contribution in [1.82, 2.24) is 4.90 Å². The molecule has 1 fully saturated rings. The molecule has 1 saturated heterocycles. The number of amides is 2. The molecule has 0 aromatic heterocycles. The van der Waals surface area contributed by atoms with Gasteiger partial charge in [0.15, 0.2) is 0 Å². The normalized spacial score (nSPS) is 18.6. The summed E-state index contributed by atoms with van der Waals surface area (Å²) in [7, 11) is 1.17. The van der Waals surface area contributed by atoms with Gasteiger partial charge in [0.1, 0.15) is 5.82 Å². The van der Waals surface area contributed by atoms with Crippen LogP contribution in [0.15, 0.2) is 18.2 Å². The summed E-state index contributed by atoms with van der Waals surface area (Å²) >= 11 is 0. The SMILES string of the molecule is COC(=O)c1ccc(CN2C(=O)CC(C)C2=O)cc1F. The van der Waals surface area contributed by atoms with Crippen LogP contribution in [-0.2, 0) is 20.9 Å². The smallest absolute Gasteiger partial charge is 0.340 e. The number of ether oxygens (including phenoxy) is 1. The van der Waals surface area contributed by atoms with Crippen LogP contribution in [0.2, 0.25) is 0 Å². The summed E-state index contributed by atoms with van der Waals surface area (Å²) in [5.74, 6) is -2.36. The lowest BCUT2D eigenvalue weighted by atomic mass is 10.1. The van der Waals surface area contributed by atoms with Crippen molar-refractivity contribution in [1.29, 1.82) is 0 Å². The fraction of sp³-hybridized carbons (Fsp3) is 0.357. The molecule has 2 amide bonds. The molecular formula is C14H14FNO4. The van der Waals surface area contributed by atoms with Crippen molar-refractivity contribution < 1.29 is 23.5 Å². The first-order valence-corrected chi connectivity index (χ1v) is 6.15. The summed E-state index contributed by atoms with van der Waals surface area (Å²) in [5, 5.41) is 0. The molecule has 20 heavy (non-hydrogen) atoms. The summed E-state index contributed by atoms with van der Waals surface area (Å²) in [6, 6.07) is 3.92. The number of likely N-dealkylation sites (tertiary alicyclic amines) is 1. The van der Waals surface area contributed by atoms with Gasteiger partial charge in [0.05, 0.1) is 19.2 Å². The van der Waals surface area contributed by atoms with Gasteiger partial charge in [0.2, 0.25) is 11.8 Å². The average molecular weight is 279 g/mol. The molecule has 1 unspecified atom stereocenters. The lowest BCUT2D eigenvalue weighted by molar-refractivity contribution is -0.139. The summed E-state index contributed by atoms with van der Waals surface area (Å²) in [6.45, 7) is 1.70. The molecule has 0 spiro atoms. The molecule has 2 rings (SSSR count). The Morgan fingerprint density at radius 3 is 2.65 bits per heavy atom. The van der Waals surface area contributed by atoms with Gasteiger partial charge in [0.25, 0.3) is 0 Å². The van der Waals surface area contributed by atoms with Gasteiger partial charge in [0, 0.05) is 12.3 Å². The zero-order valence-electron chi connectivity index (χ0n) is 11.2. The van der Waals surface area contributed by atoms with Crippen LogP contribution in [-0.4, -0.2) is 29.8 Å². The van der Waals surface area contributed by atoms with E-state index in [-0.39, 0.29) is 36.3 Å². The fourth-order valence-electron chi connectivity index (χ4n) is 2.13. The van der Waals surface area contributed by atoms with Crippen LogP contribution in [0.5, 0.6) is 0 Å². The van der Waals surface area contributed by atoms with Gasteiger partial charge in [-0.15, -0.1) is 0 Å². The third kappa shape index (κ3) is 2.54. The van der Waals surface area contributed by atoms with Crippen LogP contribution in [0.4, 0.5) is 4.39 Å². The minimum atomic E-state index is -0.768. The Hall–Kier alpha value is -2.24. The highest BCUT2D eigenvalue weighted by atomic mass is 19.1. The number of halogens is 1. The standard InChI is InChI=1S/C14H14FNO4/c1-8-5-12(17)16(13(8)18)7-9-3-4-10(11(15)6-9)14(19)20-2/h3-4,6,8H,5,7H2,1-2H3. The molecule has 106 valence electrons. The van der Waals surface area contributed by atoms with E-state index in [4.69, 9.17) is 0 Å². The third-order valence-electron chi connectivity index (χ3n) is 3.25. The van der Waals surface area contributed by atoms with Crippen molar-refractivity contribution in [3.63, 3.8) is 0 Å². The van der Waals surface area contributed by atoms with Crippen molar-refractivity contribution >= 4 is 17.8 Å². The second-order valence-electron chi connectivity index (χ2n) is 4.73. The highest BCUT2D eigenvalue weighted by Gasteiger charge is 2.35. The van der Waals surface area contributed by atoms with Crippen molar-refractivity contribution in [3.05, 3.63) is 35.1 Å². The molecule has 6 heteroatoms. The van der Waals surface area contributed by atoms with Crippen LogP contribution in [0.3, 0.4) is 0 Å². The molecule has 5 nitrogen and oxygen atoms in total. The number of hydrogen-bond donors (Lipinski definition) is 0. The lowest BCUT2D eigenvalue weighted by Gasteiger charge is -2.14. The number of carbonyl (C=O) groups is 3. The van der Waals surface area contributed by atoms with E-state index in [1.165, 1.54) is 19.2 Å². The van der Waals surface area contributed by atoms with E-state index in [2.05, 4.69) is 4.74 Å². The van der Waals surface area contributed by atoms with Gasteiger partial charge in [-0.1, -0.05) is 13.0 Å². The molecule has 1 aliphatic heterocycles. The molecule has 0 saturated carbocycles. The van der Waals surface area contributed by atoms with Gasteiger partial charge in [-0.3, -0.25) is 14.5 Å². The first-order chi connectivity index (χ1) is 9.43. The number of benzene rings is 1. The lowest BCUT2D eigenvalue weighted by Crippen LogP contribution is -2.29. The first-order valence-electron chi connectivity index (χ1n) is 6.15. The molecule has 1 aromatic rings. The third-order valence-corrected chi connectivity index (χ3v) is 3.25. The summed E-state index contributed by atoms with van der Waals surface area (Å²) in [4.78, 5) is 35.8. The monoisotopic (exact) mass is 279 g/mol. The van der Waals surface area contributed by atoms with Crippen LogP contribution < -0.4 is 0 Å². The second kappa shape index (κ2) is 5.40. The molecule has 1 atom stereocenters. The molecule has 0 bridgehead atoms. The minimum Gasteiger partial charge on any atom is -0.465 e. The minimum absolute atomic E-state index is 0.0143. The van der Waals surface area contributed by atoms with Crippen LogP contribution in [0, 0.1) is 11.7 Å². The highest BCUT2D eigenvalue weighted by molar-refractivity contribution is 6.03. The Kier molecular flexibility index (Phi) is 3.83. The average Bonchev–Trinajstić information content (AvgIpc) is 2.65. The maximum atomic E-state index is 13.7. The molecule has 0 N–H and O–H groups in total. The molecule has 0 radical (unpaired) electrons. The van der Waals surface area contributed by atoms with E-state index in [0.29, 0.717) is 5.56 Å². The van der Waals surface area contributed by atoms with Crippen LogP contribution in [0.1, 0.15) is 29.3 Å². The Morgan fingerprint density at radius 1 is 1.45 bits per heavy atom. The van der Waals surface area contributed by atoms with Crippen LogP contribution >= 0.6 is 0 Å². The van der Waals surface area contributed by atoms with Gasteiger partial charge in [-0.05, 0) is 17.7 Å². The summed E-state index contributed by atoms with van der Waals surface area (Å²) < 4.78 is 18.2. The van der Waals surface area contributed by atoms with Crippen molar-refractivity contribution in [2.45, 2.75) is 19.9 Å². The van der Waals surface area contributed by atoms with Crippen LogP contribution in [0.25, 0.3) is 0 Å². The van der Waals surface area contributed by atoms with E-state index >= 15 is 0 Å². The number of esters is 1. The topological polar surface area (TPSA) is 63.7 Å². The first kappa shape index (κ1) is 14.2. The molecular weight excluding hydrogens is 265 g/mol. The van der Waals surface area contributed by atoms with E-state index in [1.54, 1.807) is 6.92 Å². The highest BCUT2D eigenvalue weighted by Crippen LogP contribution is 2.22.